The molecule has 0 aromatic heterocycles. The van der Waals surface area contributed by atoms with Crippen LogP contribution in [0.25, 0.3) is 0 Å². The summed E-state index contributed by atoms with van der Waals surface area (Å²) in [4.78, 5) is 13.0. The van der Waals surface area contributed by atoms with Crippen LogP contribution in [0.15, 0.2) is 25.6 Å². The monoisotopic (exact) mass is 584 g/mol. The first-order valence-corrected chi connectivity index (χ1v) is 11.1. The van der Waals surface area contributed by atoms with E-state index >= 15 is 0 Å². The molecule has 3 saturated heterocycles. The average Bonchev–Trinajstić information content (AvgIpc) is 3.03. The molecule has 0 N–H and O–H groups in total. The molecule has 10 heteroatoms. The Hall–Kier alpha value is -0.0700. The lowest BCUT2D eigenvalue weighted by molar-refractivity contribution is -0.236. The van der Waals surface area contributed by atoms with Crippen molar-refractivity contribution in [3.8, 4) is 5.75 Å². The van der Waals surface area contributed by atoms with E-state index in [9.17, 15) is 4.79 Å². The molecule has 0 amide bonds. The highest BCUT2D eigenvalue weighted by molar-refractivity contribution is 9.11. The van der Waals surface area contributed by atoms with Crippen LogP contribution in [0, 0.1) is 0 Å². The second kappa shape index (κ2) is 7.26. The van der Waals surface area contributed by atoms with Gasteiger partial charge in [0.25, 0.3) is 0 Å². The van der Waals surface area contributed by atoms with Crippen molar-refractivity contribution in [1.82, 2.24) is 0 Å². The van der Waals surface area contributed by atoms with E-state index in [0.29, 0.717) is 14.7 Å². The van der Waals surface area contributed by atoms with E-state index in [1.165, 1.54) is 0 Å². The first kappa shape index (κ1) is 21.2. The minimum absolute atomic E-state index is 0.345. The fraction of sp³-hybridized carbons (Fsp3) is 0.611. The van der Waals surface area contributed by atoms with Crippen LogP contribution in [0.3, 0.4) is 0 Å². The van der Waals surface area contributed by atoms with Gasteiger partial charge in [-0.15, -0.1) is 0 Å². The molecule has 0 aliphatic carbocycles. The Morgan fingerprint density at radius 3 is 2.07 bits per heavy atom. The molecule has 3 aliphatic rings. The van der Waals surface area contributed by atoms with Gasteiger partial charge < -0.3 is 28.4 Å². The van der Waals surface area contributed by atoms with Crippen LogP contribution in [0.5, 0.6) is 5.75 Å². The van der Waals surface area contributed by atoms with Crippen LogP contribution in [-0.4, -0.2) is 48.2 Å². The number of carbonyl (C=O) groups is 1. The molecule has 0 unspecified atom stereocenters. The van der Waals surface area contributed by atoms with Crippen molar-refractivity contribution in [1.29, 1.82) is 0 Å². The highest BCUT2D eigenvalue weighted by Gasteiger charge is 2.62. The van der Waals surface area contributed by atoms with Crippen LogP contribution in [0.2, 0.25) is 0 Å². The van der Waals surface area contributed by atoms with Gasteiger partial charge in [0, 0.05) is 4.47 Å². The number of benzene rings is 1. The van der Waals surface area contributed by atoms with Crippen molar-refractivity contribution in [3.05, 3.63) is 25.6 Å². The normalized spacial score (nSPS) is 35.3. The van der Waals surface area contributed by atoms with E-state index in [-0.39, 0.29) is 0 Å². The summed E-state index contributed by atoms with van der Waals surface area (Å²) < 4.78 is 37.3. The number of halogens is 3. The minimum atomic E-state index is -1.03. The van der Waals surface area contributed by atoms with Crippen molar-refractivity contribution in [2.75, 3.05) is 0 Å². The molecule has 0 radical (unpaired) electrons. The van der Waals surface area contributed by atoms with Gasteiger partial charge in [0.1, 0.15) is 18.3 Å². The number of ether oxygens (including phenoxy) is 6. The summed E-state index contributed by atoms with van der Waals surface area (Å²) in [6.45, 7) is 7.14. The Morgan fingerprint density at radius 2 is 1.43 bits per heavy atom. The molecule has 1 aromatic rings. The maximum absolute atomic E-state index is 13.0. The lowest BCUT2D eigenvalue weighted by Crippen LogP contribution is -2.58. The molecular weight excluding hydrogens is 568 g/mol. The van der Waals surface area contributed by atoms with Gasteiger partial charge in [-0.05, 0) is 71.7 Å². The van der Waals surface area contributed by atoms with Gasteiger partial charge in [-0.3, -0.25) is 0 Å². The van der Waals surface area contributed by atoms with Crippen LogP contribution < -0.4 is 4.74 Å². The zero-order valence-corrected chi connectivity index (χ0v) is 20.3. The van der Waals surface area contributed by atoms with Gasteiger partial charge >= 0.3 is 5.97 Å². The van der Waals surface area contributed by atoms with Crippen molar-refractivity contribution in [3.63, 3.8) is 0 Å². The number of esters is 1. The van der Waals surface area contributed by atoms with E-state index in [2.05, 4.69) is 47.8 Å². The minimum Gasteiger partial charge on any atom is -0.422 e. The van der Waals surface area contributed by atoms with Gasteiger partial charge in [0.15, 0.2) is 29.7 Å². The molecular formula is C18H19Br3O7. The van der Waals surface area contributed by atoms with Crippen LogP contribution in [0.4, 0.5) is 0 Å². The zero-order valence-electron chi connectivity index (χ0n) is 15.5. The summed E-state index contributed by atoms with van der Waals surface area (Å²) in [7, 11) is 0. The van der Waals surface area contributed by atoms with Gasteiger partial charge in [-0.2, -0.15) is 0 Å². The molecule has 0 bridgehead atoms. The molecule has 154 valence electrons. The Labute approximate surface area is 187 Å². The Bertz CT molecular complexity index is 789. The highest BCUT2D eigenvalue weighted by Crippen LogP contribution is 2.45. The van der Waals surface area contributed by atoms with Gasteiger partial charge in [-0.1, -0.05) is 15.9 Å². The molecule has 7 nitrogen and oxygen atoms in total. The maximum atomic E-state index is 13.0. The molecule has 0 spiro atoms. The van der Waals surface area contributed by atoms with Gasteiger partial charge in [-0.25, -0.2) is 4.79 Å². The van der Waals surface area contributed by atoms with E-state index in [4.69, 9.17) is 28.4 Å². The lowest BCUT2D eigenvalue weighted by atomic mass is 9.99. The third-order valence-electron chi connectivity index (χ3n) is 4.55. The molecule has 0 saturated carbocycles. The first-order valence-electron chi connectivity index (χ1n) is 8.69. The Balaban J connectivity index is 1.61. The quantitative estimate of drug-likeness (QED) is 0.378. The van der Waals surface area contributed by atoms with Crippen molar-refractivity contribution >= 4 is 53.8 Å². The average molecular weight is 587 g/mol. The van der Waals surface area contributed by atoms with Crippen molar-refractivity contribution < 1.29 is 33.2 Å². The van der Waals surface area contributed by atoms with E-state index < -0.39 is 48.2 Å². The third kappa shape index (κ3) is 3.94. The Morgan fingerprint density at radius 1 is 0.893 bits per heavy atom. The summed E-state index contributed by atoms with van der Waals surface area (Å²) in [5, 5.41) is 0. The van der Waals surface area contributed by atoms with Gasteiger partial charge in [0.05, 0.1) is 8.95 Å². The predicted molar refractivity (Wildman–Crippen MR) is 108 cm³/mol. The third-order valence-corrected chi connectivity index (χ3v) is 6.19. The molecule has 5 atom stereocenters. The van der Waals surface area contributed by atoms with Crippen molar-refractivity contribution in [2.24, 2.45) is 0 Å². The molecule has 1 aromatic carbocycles. The molecule has 3 heterocycles. The fourth-order valence-electron chi connectivity index (χ4n) is 3.59. The van der Waals surface area contributed by atoms with Gasteiger partial charge in [0.2, 0.25) is 0 Å². The van der Waals surface area contributed by atoms with Crippen LogP contribution >= 0.6 is 47.8 Å². The number of hydrogen-bond acceptors (Lipinski definition) is 7. The zero-order chi connectivity index (χ0) is 20.4. The predicted octanol–water partition coefficient (Wildman–Crippen LogP) is 4.28. The topological polar surface area (TPSA) is 72.5 Å². The summed E-state index contributed by atoms with van der Waals surface area (Å²) in [5.74, 6) is -2.00. The second-order valence-corrected chi connectivity index (χ2v) is 10.3. The second-order valence-electron chi connectivity index (χ2n) is 7.71. The van der Waals surface area contributed by atoms with E-state index in [0.717, 1.165) is 4.47 Å². The first-order chi connectivity index (χ1) is 13.0. The van der Waals surface area contributed by atoms with Crippen molar-refractivity contribution in [2.45, 2.75) is 70.0 Å². The van der Waals surface area contributed by atoms with Crippen LogP contribution in [0.1, 0.15) is 27.7 Å². The summed E-state index contributed by atoms with van der Waals surface area (Å²) >= 11 is 10.2. The number of carbonyl (C=O) groups excluding carboxylic acids is 1. The fourth-order valence-corrected chi connectivity index (χ4v) is 6.01. The molecule has 4 rings (SSSR count). The number of rotatable bonds is 2. The summed E-state index contributed by atoms with van der Waals surface area (Å²) in [6, 6.07) is 3.56. The molecule has 28 heavy (non-hydrogen) atoms. The smallest absolute Gasteiger partial charge is 0.343 e. The number of fused-ring (bicyclic) bond motifs is 3. The lowest BCUT2D eigenvalue weighted by Gasteiger charge is -2.35. The van der Waals surface area contributed by atoms with E-state index in [1.807, 2.05) is 0 Å². The standard InChI is InChI=1S/C18H19Br3O7/c1-17(2)25-11-12(26-17)14-16(28-18(3,4)27-14)24-13(11)15(22)23-10-8(20)5-7(19)6-9(10)21/h5-6,11-14,16H,1-4H3/t11-,12-,13+,14-,16+/m1/s1. The summed E-state index contributed by atoms with van der Waals surface area (Å²) in [5.41, 5.74) is 0. The SMILES string of the molecule is CC1(C)O[C@@H]2[C@@H](O1)[C@@H](C(=O)Oc1c(Br)cc(Br)cc1Br)O[C@H]1OC(C)(C)O[C@@H]12. The maximum Gasteiger partial charge on any atom is 0.343 e. The van der Waals surface area contributed by atoms with Crippen LogP contribution in [-0.2, 0) is 28.5 Å². The summed E-state index contributed by atoms with van der Waals surface area (Å²) in [6.07, 6.45) is -3.51. The Kier molecular flexibility index (Phi) is 5.49. The largest absolute Gasteiger partial charge is 0.422 e. The molecule has 3 aliphatic heterocycles. The highest BCUT2D eigenvalue weighted by atomic mass is 79.9. The molecule has 3 fully saturated rings. The van der Waals surface area contributed by atoms with E-state index in [1.54, 1.807) is 39.8 Å². The number of hydrogen-bond donors (Lipinski definition) is 0.